The number of carbonyl (C=O) groups excluding carboxylic acids is 1. The monoisotopic (exact) mass is 470 g/mol. The second-order valence-corrected chi connectivity index (χ2v) is 9.84. The van der Waals surface area contributed by atoms with Gasteiger partial charge in [-0.3, -0.25) is 4.90 Å². The van der Waals surface area contributed by atoms with Crippen LogP contribution in [-0.4, -0.2) is 53.0 Å². The van der Waals surface area contributed by atoms with E-state index in [1.54, 1.807) is 4.90 Å². The van der Waals surface area contributed by atoms with Gasteiger partial charge >= 0.3 is 6.03 Å². The third kappa shape index (κ3) is 5.77. The molecule has 4 rings (SSSR count). The highest BCUT2D eigenvalue weighted by Crippen LogP contribution is 2.32. The van der Waals surface area contributed by atoms with Crippen molar-refractivity contribution < 1.29 is 23.5 Å². The number of urea groups is 1. The van der Waals surface area contributed by atoms with Gasteiger partial charge in [-0.25, -0.2) is 4.79 Å². The number of primary amides is 1. The molecule has 184 valence electrons. The molecule has 2 N–H and O–H groups in total. The fourth-order valence-corrected chi connectivity index (χ4v) is 4.09. The molecule has 2 atom stereocenters. The van der Waals surface area contributed by atoms with E-state index < -0.39 is 6.03 Å². The van der Waals surface area contributed by atoms with Crippen molar-refractivity contribution in [2.75, 3.05) is 19.8 Å². The van der Waals surface area contributed by atoms with Crippen LogP contribution in [0.4, 0.5) is 4.79 Å². The van der Waals surface area contributed by atoms with Crippen LogP contribution in [0.15, 0.2) is 28.8 Å². The highest BCUT2D eigenvalue weighted by molar-refractivity contribution is 5.86. The first-order valence-electron chi connectivity index (χ1n) is 11.8. The van der Waals surface area contributed by atoms with E-state index in [9.17, 15) is 4.79 Å². The second-order valence-electron chi connectivity index (χ2n) is 9.84. The van der Waals surface area contributed by atoms with Crippen LogP contribution in [0.5, 0.6) is 5.75 Å². The number of fused-ring (bicyclic) bond motifs is 1. The summed E-state index contributed by atoms with van der Waals surface area (Å²) in [4.78, 5) is 18.1. The Hall–Kier alpha value is -2.91. The lowest BCUT2D eigenvalue weighted by atomic mass is 9.95. The first kappa shape index (κ1) is 24.2. The van der Waals surface area contributed by atoms with Crippen LogP contribution in [0, 0.1) is 0 Å². The van der Waals surface area contributed by atoms with Gasteiger partial charge in [-0.2, -0.15) is 4.98 Å². The minimum absolute atomic E-state index is 0.144. The highest BCUT2D eigenvalue weighted by atomic mass is 16.5. The van der Waals surface area contributed by atoms with Gasteiger partial charge in [0.2, 0.25) is 11.7 Å². The van der Waals surface area contributed by atoms with Crippen LogP contribution < -0.4 is 10.5 Å². The normalized spacial score (nSPS) is 20.4. The van der Waals surface area contributed by atoms with Gasteiger partial charge in [-0.05, 0) is 56.0 Å². The Morgan fingerprint density at radius 1 is 1.38 bits per heavy atom. The molecule has 1 saturated heterocycles. The van der Waals surface area contributed by atoms with E-state index in [0.29, 0.717) is 37.0 Å². The molecule has 9 nitrogen and oxygen atoms in total. The minimum Gasteiger partial charge on any atom is -0.485 e. The Kier molecular flexibility index (Phi) is 7.23. The summed E-state index contributed by atoms with van der Waals surface area (Å²) in [5.41, 5.74) is 8.25. The molecule has 2 aliphatic rings. The third-order valence-corrected chi connectivity index (χ3v) is 5.95. The largest absolute Gasteiger partial charge is 0.485 e. The van der Waals surface area contributed by atoms with Crippen molar-refractivity contribution in [2.45, 2.75) is 71.2 Å². The topological polar surface area (TPSA) is 113 Å². The Morgan fingerprint density at radius 2 is 2.21 bits per heavy atom. The number of nitrogens with two attached hydrogens (primary N) is 1. The second kappa shape index (κ2) is 10.1. The Labute approximate surface area is 200 Å². The van der Waals surface area contributed by atoms with E-state index in [-0.39, 0.29) is 24.2 Å². The van der Waals surface area contributed by atoms with Crippen molar-refractivity contribution in [3.63, 3.8) is 0 Å². The van der Waals surface area contributed by atoms with E-state index in [4.69, 9.17) is 24.5 Å². The molecule has 2 unspecified atom stereocenters. The van der Waals surface area contributed by atoms with Crippen molar-refractivity contribution in [3.8, 4) is 5.75 Å². The number of benzene rings is 1. The number of carbonyl (C=O) groups is 1. The van der Waals surface area contributed by atoms with Crippen molar-refractivity contribution in [2.24, 2.45) is 5.73 Å². The van der Waals surface area contributed by atoms with Gasteiger partial charge in [-0.1, -0.05) is 25.9 Å². The maximum absolute atomic E-state index is 12.1. The average molecular weight is 471 g/mol. The summed E-state index contributed by atoms with van der Waals surface area (Å²) in [5.74, 6) is 1.78. The van der Waals surface area contributed by atoms with E-state index in [2.05, 4.69) is 10.1 Å². The first-order valence-corrected chi connectivity index (χ1v) is 11.8. The van der Waals surface area contributed by atoms with Gasteiger partial charge in [0.25, 0.3) is 0 Å². The van der Waals surface area contributed by atoms with Crippen LogP contribution in [0.3, 0.4) is 0 Å². The zero-order valence-corrected chi connectivity index (χ0v) is 20.4. The van der Waals surface area contributed by atoms with Crippen molar-refractivity contribution in [3.05, 3.63) is 47.1 Å². The van der Waals surface area contributed by atoms with Crippen molar-refractivity contribution in [1.82, 2.24) is 15.0 Å². The molecule has 3 heterocycles. The molecule has 1 aromatic carbocycles. The summed E-state index contributed by atoms with van der Waals surface area (Å²) in [5, 5.41) is 4.00. The van der Waals surface area contributed by atoms with Gasteiger partial charge in [-0.15, -0.1) is 0 Å². The molecule has 0 saturated carbocycles. The standard InChI is InChI=1S/C25H34N4O5/c1-16(32-14-19-6-5-11-31-19)12-21-20-8-7-18(13-17(20)9-10-29(21)24(26)30)33-15-22-27-23(34-28-22)25(2,3)4/h7-8,12-13,16,19H,5-6,9-11,14-15H2,1-4H3,(H2,26,30)/b21-12-. The lowest BCUT2D eigenvalue weighted by Crippen LogP contribution is -2.39. The van der Waals surface area contributed by atoms with Gasteiger partial charge in [0.15, 0.2) is 6.61 Å². The summed E-state index contributed by atoms with van der Waals surface area (Å²) in [6.45, 7) is 10.0. The third-order valence-electron chi connectivity index (χ3n) is 5.95. The molecule has 0 radical (unpaired) electrons. The summed E-state index contributed by atoms with van der Waals surface area (Å²) in [7, 11) is 0. The SMILES string of the molecule is CC(/C=C1/c2ccc(OCc3noc(C(C)(C)C)n3)cc2CCN1C(N)=O)OCC1CCCO1. The molecule has 0 spiro atoms. The number of rotatable bonds is 7. The van der Waals surface area contributed by atoms with Crippen LogP contribution in [0.1, 0.15) is 63.4 Å². The highest BCUT2D eigenvalue weighted by Gasteiger charge is 2.26. The number of aromatic nitrogens is 2. The molecule has 1 aromatic heterocycles. The maximum Gasteiger partial charge on any atom is 0.319 e. The van der Waals surface area contributed by atoms with E-state index >= 15 is 0 Å². The summed E-state index contributed by atoms with van der Waals surface area (Å²) < 4.78 is 22.9. The Balaban J connectivity index is 1.47. The van der Waals surface area contributed by atoms with Gasteiger partial charge in [0, 0.05) is 24.1 Å². The number of hydrogen-bond donors (Lipinski definition) is 1. The molecule has 0 aliphatic carbocycles. The summed E-state index contributed by atoms with van der Waals surface area (Å²) >= 11 is 0. The van der Waals surface area contributed by atoms with Crippen molar-refractivity contribution >= 4 is 11.7 Å². The molecule has 2 aromatic rings. The fraction of sp³-hybridized carbons (Fsp3) is 0.560. The molecule has 34 heavy (non-hydrogen) atoms. The van der Waals surface area contributed by atoms with E-state index in [1.807, 2.05) is 52.0 Å². The van der Waals surface area contributed by atoms with Gasteiger partial charge < -0.3 is 24.5 Å². The lowest BCUT2D eigenvalue weighted by Gasteiger charge is -2.31. The number of amides is 2. The van der Waals surface area contributed by atoms with Gasteiger partial charge in [0.1, 0.15) is 5.75 Å². The molecule has 9 heteroatoms. The number of hydrogen-bond acceptors (Lipinski definition) is 7. The molecule has 2 amide bonds. The molecule has 2 aliphatic heterocycles. The smallest absolute Gasteiger partial charge is 0.319 e. The number of nitrogens with zero attached hydrogens (tertiary/aromatic N) is 3. The molecular weight excluding hydrogens is 436 g/mol. The van der Waals surface area contributed by atoms with Crippen molar-refractivity contribution in [1.29, 1.82) is 0 Å². The quantitative estimate of drug-likeness (QED) is 0.655. The molecular formula is C25H34N4O5. The van der Waals surface area contributed by atoms with Crippen LogP contribution in [-0.2, 0) is 27.9 Å². The van der Waals surface area contributed by atoms with Crippen LogP contribution in [0.25, 0.3) is 5.70 Å². The minimum atomic E-state index is -0.477. The van der Waals surface area contributed by atoms with E-state index in [1.165, 1.54) is 0 Å². The zero-order valence-electron chi connectivity index (χ0n) is 20.4. The predicted octanol–water partition coefficient (Wildman–Crippen LogP) is 3.81. The first-order chi connectivity index (χ1) is 16.2. The van der Waals surface area contributed by atoms with Gasteiger partial charge in [0.05, 0.1) is 24.5 Å². The number of ether oxygens (including phenoxy) is 3. The average Bonchev–Trinajstić information content (AvgIpc) is 3.48. The maximum atomic E-state index is 12.1. The Morgan fingerprint density at radius 3 is 2.88 bits per heavy atom. The summed E-state index contributed by atoms with van der Waals surface area (Å²) in [6.07, 6.45) is 4.66. The molecule has 1 fully saturated rings. The van der Waals surface area contributed by atoms with E-state index in [0.717, 1.165) is 36.3 Å². The zero-order chi connectivity index (χ0) is 24.3. The Bertz CT molecular complexity index is 1040. The van der Waals surface area contributed by atoms with Crippen LogP contribution in [0.2, 0.25) is 0 Å². The fourth-order valence-electron chi connectivity index (χ4n) is 4.09. The van der Waals surface area contributed by atoms with Crippen LogP contribution >= 0.6 is 0 Å². The summed E-state index contributed by atoms with van der Waals surface area (Å²) in [6, 6.07) is 5.34. The predicted molar refractivity (Wildman–Crippen MR) is 126 cm³/mol. The lowest BCUT2D eigenvalue weighted by molar-refractivity contribution is 0.000986. The molecule has 0 bridgehead atoms.